The number of hydrogen-bond donors (Lipinski definition) is 1. The van der Waals surface area contributed by atoms with Crippen LogP contribution in [0.5, 0.6) is 0 Å². The summed E-state index contributed by atoms with van der Waals surface area (Å²) in [6.07, 6.45) is -2.64. The molecule has 2 rings (SSSR count). The number of halogens is 3. The molecule has 1 N–H and O–H groups in total. The van der Waals surface area contributed by atoms with Crippen LogP contribution in [0, 0.1) is 0 Å². The smallest absolute Gasteiger partial charge is 0.411 e. The lowest BCUT2D eigenvalue weighted by Gasteiger charge is -2.05. The third-order valence-electron chi connectivity index (χ3n) is 2.58. The Morgan fingerprint density at radius 2 is 2.16 bits per heavy atom. The molecule has 0 bridgehead atoms. The van der Waals surface area contributed by atoms with Crippen molar-refractivity contribution in [2.24, 2.45) is 0 Å². The van der Waals surface area contributed by atoms with E-state index in [1.165, 1.54) is 0 Å². The molecule has 1 aliphatic carbocycles. The summed E-state index contributed by atoms with van der Waals surface area (Å²) < 4.78 is 44.9. The van der Waals surface area contributed by atoms with Crippen LogP contribution >= 0.6 is 0 Å². The second kappa shape index (κ2) is 5.20. The normalized spacial score (nSPS) is 15.7. The van der Waals surface area contributed by atoms with Gasteiger partial charge in [0.15, 0.2) is 5.89 Å². The van der Waals surface area contributed by atoms with E-state index in [0.29, 0.717) is 5.69 Å². The summed E-state index contributed by atoms with van der Waals surface area (Å²) in [5.74, 6) is -1.23. The van der Waals surface area contributed by atoms with Gasteiger partial charge in [0.2, 0.25) is 5.76 Å². The number of carboxylic acid groups (broad SMARTS) is 1. The Kier molecular flexibility index (Phi) is 3.79. The number of aromatic nitrogens is 1. The fraction of sp³-hybridized carbons (Fsp3) is 0.636. The van der Waals surface area contributed by atoms with Gasteiger partial charge in [-0.1, -0.05) is 0 Å². The lowest BCUT2D eigenvalue weighted by atomic mass is 10.2. The fourth-order valence-corrected chi connectivity index (χ4v) is 1.62. The number of nitrogens with zero attached hydrogens (tertiary/aromatic N) is 1. The van der Waals surface area contributed by atoms with Crippen LogP contribution in [-0.4, -0.2) is 35.4 Å². The van der Waals surface area contributed by atoms with Crippen LogP contribution < -0.4 is 0 Å². The molecule has 5 nitrogen and oxygen atoms in total. The van der Waals surface area contributed by atoms with Gasteiger partial charge in [-0.25, -0.2) is 9.78 Å². The summed E-state index contributed by atoms with van der Waals surface area (Å²) in [5.41, 5.74) is 0.387. The lowest BCUT2D eigenvalue weighted by Crippen LogP contribution is -2.18. The highest BCUT2D eigenvalue weighted by Gasteiger charge is 2.33. The Labute approximate surface area is 106 Å². The Bertz CT molecular complexity index is 465. The molecule has 1 aromatic rings. The van der Waals surface area contributed by atoms with Gasteiger partial charge in [0.25, 0.3) is 0 Å². The van der Waals surface area contributed by atoms with Crippen molar-refractivity contribution in [1.82, 2.24) is 4.98 Å². The first-order valence-corrected chi connectivity index (χ1v) is 5.74. The van der Waals surface area contributed by atoms with Crippen molar-refractivity contribution in [2.45, 2.75) is 31.4 Å². The van der Waals surface area contributed by atoms with Crippen molar-refractivity contribution in [3.63, 3.8) is 0 Å². The summed E-state index contributed by atoms with van der Waals surface area (Å²) in [4.78, 5) is 14.9. The molecular weight excluding hydrogens is 267 g/mol. The second-order valence-electron chi connectivity index (χ2n) is 4.32. The van der Waals surface area contributed by atoms with Gasteiger partial charge in [-0.3, -0.25) is 0 Å². The molecule has 0 amide bonds. The van der Waals surface area contributed by atoms with Gasteiger partial charge in [0.05, 0.1) is 12.3 Å². The van der Waals surface area contributed by atoms with E-state index in [1.807, 2.05) is 0 Å². The number of rotatable bonds is 6. The zero-order valence-electron chi connectivity index (χ0n) is 9.87. The van der Waals surface area contributed by atoms with E-state index in [2.05, 4.69) is 9.72 Å². The minimum Gasteiger partial charge on any atom is -0.475 e. The van der Waals surface area contributed by atoms with Crippen molar-refractivity contribution in [3.8, 4) is 0 Å². The van der Waals surface area contributed by atoms with E-state index in [0.717, 1.165) is 12.8 Å². The third kappa shape index (κ3) is 3.95. The minimum atomic E-state index is -4.37. The molecule has 1 aromatic heterocycles. The van der Waals surface area contributed by atoms with E-state index in [-0.39, 0.29) is 30.6 Å². The van der Waals surface area contributed by atoms with Crippen molar-refractivity contribution in [3.05, 3.63) is 17.3 Å². The van der Waals surface area contributed by atoms with E-state index in [1.54, 1.807) is 0 Å². The SMILES string of the molecule is O=C(O)c1oc(CCOCC(F)(F)F)nc1C1CC1. The molecule has 0 spiro atoms. The van der Waals surface area contributed by atoms with Crippen LogP contribution in [0.15, 0.2) is 4.42 Å². The maximum atomic E-state index is 11.8. The van der Waals surface area contributed by atoms with Crippen molar-refractivity contribution in [2.75, 3.05) is 13.2 Å². The minimum absolute atomic E-state index is 0.0169. The van der Waals surface area contributed by atoms with Crippen LogP contribution in [0.3, 0.4) is 0 Å². The van der Waals surface area contributed by atoms with Crippen LogP contribution in [-0.2, 0) is 11.2 Å². The Morgan fingerprint density at radius 3 is 2.68 bits per heavy atom. The standard InChI is InChI=1S/C11H12F3NO4/c12-11(13,14)5-18-4-3-7-15-8(6-1-2-6)9(19-7)10(16)17/h6H,1-5H2,(H,16,17). The molecule has 0 aromatic carbocycles. The third-order valence-corrected chi connectivity index (χ3v) is 2.58. The highest BCUT2D eigenvalue weighted by molar-refractivity contribution is 5.85. The summed E-state index contributed by atoms with van der Waals surface area (Å²) in [7, 11) is 0. The maximum Gasteiger partial charge on any atom is 0.411 e. The van der Waals surface area contributed by atoms with Crippen molar-refractivity contribution >= 4 is 5.97 Å². The molecule has 1 aliphatic rings. The van der Waals surface area contributed by atoms with Gasteiger partial charge >= 0.3 is 12.1 Å². The quantitative estimate of drug-likeness (QED) is 0.809. The summed E-state index contributed by atoms with van der Waals surface area (Å²) in [6.45, 7) is -1.56. The van der Waals surface area contributed by atoms with Gasteiger partial charge in [-0.15, -0.1) is 0 Å². The molecule has 0 radical (unpaired) electrons. The van der Waals surface area contributed by atoms with Gasteiger partial charge in [-0.2, -0.15) is 13.2 Å². The average molecular weight is 279 g/mol. The molecule has 1 heterocycles. The zero-order valence-corrected chi connectivity index (χ0v) is 9.87. The highest BCUT2D eigenvalue weighted by atomic mass is 19.4. The van der Waals surface area contributed by atoms with Gasteiger partial charge in [0.1, 0.15) is 6.61 Å². The average Bonchev–Trinajstić information content (AvgIpc) is 3.04. The Balaban J connectivity index is 1.90. The second-order valence-corrected chi connectivity index (χ2v) is 4.32. The fourth-order valence-electron chi connectivity index (χ4n) is 1.62. The first-order chi connectivity index (χ1) is 8.87. The number of carboxylic acids is 1. The highest BCUT2D eigenvalue weighted by Crippen LogP contribution is 2.41. The molecule has 0 atom stereocenters. The number of carbonyl (C=O) groups is 1. The van der Waals surface area contributed by atoms with Gasteiger partial charge in [-0.05, 0) is 12.8 Å². The molecule has 8 heteroatoms. The van der Waals surface area contributed by atoms with Crippen molar-refractivity contribution in [1.29, 1.82) is 0 Å². The number of aromatic carboxylic acids is 1. The number of hydrogen-bond acceptors (Lipinski definition) is 4. The van der Waals surface area contributed by atoms with E-state index >= 15 is 0 Å². The Morgan fingerprint density at radius 1 is 1.47 bits per heavy atom. The van der Waals surface area contributed by atoms with Crippen LogP contribution in [0.25, 0.3) is 0 Å². The molecule has 0 aliphatic heterocycles. The summed E-state index contributed by atoms with van der Waals surface area (Å²) in [6, 6.07) is 0. The first-order valence-electron chi connectivity index (χ1n) is 5.74. The molecular formula is C11H12F3NO4. The first kappa shape index (κ1) is 13.9. The summed E-state index contributed by atoms with van der Waals surface area (Å²) >= 11 is 0. The molecule has 0 unspecified atom stereocenters. The predicted octanol–water partition coefficient (Wildman–Crippen LogP) is 2.37. The monoisotopic (exact) mass is 279 g/mol. The molecule has 1 saturated carbocycles. The number of ether oxygens (including phenoxy) is 1. The largest absolute Gasteiger partial charge is 0.475 e. The summed E-state index contributed by atoms with van der Waals surface area (Å²) in [5, 5.41) is 8.92. The van der Waals surface area contributed by atoms with E-state index in [9.17, 15) is 18.0 Å². The van der Waals surface area contributed by atoms with Crippen LogP contribution in [0.1, 0.15) is 40.9 Å². The molecule has 19 heavy (non-hydrogen) atoms. The number of oxazole rings is 1. The van der Waals surface area contributed by atoms with Crippen LogP contribution in [0.2, 0.25) is 0 Å². The topological polar surface area (TPSA) is 72.6 Å². The molecule has 0 saturated heterocycles. The van der Waals surface area contributed by atoms with E-state index in [4.69, 9.17) is 9.52 Å². The Hall–Kier alpha value is -1.57. The number of alkyl halides is 3. The van der Waals surface area contributed by atoms with Crippen molar-refractivity contribution < 1.29 is 32.2 Å². The van der Waals surface area contributed by atoms with E-state index < -0.39 is 18.8 Å². The molecule has 1 fully saturated rings. The van der Waals surface area contributed by atoms with Crippen LogP contribution in [0.4, 0.5) is 13.2 Å². The van der Waals surface area contributed by atoms with Gasteiger partial charge < -0.3 is 14.3 Å². The predicted molar refractivity (Wildman–Crippen MR) is 56.0 cm³/mol. The zero-order chi connectivity index (χ0) is 14.0. The lowest BCUT2D eigenvalue weighted by molar-refractivity contribution is -0.173. The van der Waals surface area contributed by atoms with Gasteiger partial charge in [0, 0.05) is 12.3 Å². The maximum absolute atomic E-state index is 11.8. The molecule has 106 valence electrons.